The normalized spacial score (nSPS) is 10.4. The molecule has 0 atom stereocenters. The first-order valence-corrected chi connectivity index (χ1v) is 6.61. The summed E-state index contributed by atoms with van der Waals surface area (Å²) in [5.74, 6) is 0.276. The fourth-order valence-corrected chi connectivity index (χ4v) is 2.20. The van der Waals surface area contributed by atoms with E-state index < -0.39 is 0 Å². The van der Waals surface area contributed by atoms with Crippen molar-refractivity contribution in [3.63, 3.8) is 0 Å². The number of hydrogen-bond acceptors (Lipinski definition) is 1. The van der Waals surface area contributed by atoms with Crippen molar-refractivity contribution in [2.24, 2.45) is 0 Å². The third kappa shape index (κ3) is 2.41. The Morgan fingerprint density at radius 1 is 0.800 bits per heavy atom. The van der Waals surface area contributed by atoms with Crippen LogP contribution in [0.1, 0.15) is 5.56 Å². The summed E-state index contributed by atoms with van der Waals surface area (Å²) in [5.41, 5.74) is 4.21. The van der Waals surface area contributed by atoms with Crippen LogP contribution in [0.15, 0.2) is 73.1 Å². The van der Waals surface area contributed by atoms with Crippen LogP contribution in [-0.2, 0) is 0 Å². The number of phenolic OH excluding ortho intramolecular Hbond substituents is 1. The zero-order valence-electron chi connectivity index (χ0n) is 11.3. The van der Waals surface area contributed by atoms with E-state index in [4.69, 9.17) is 0 Å². The minimum atomic E-state index is 0.276. The highest BCUT2D eigenvalue weighted by Crippen LogP contribution is 2.25. The Hall–Kier alpha value is -2.61. The lowest BCUT2D eigenvalue weighted by Crippen LogP contribution is -2.29. The highest BCUT2D eigenvalue weighted by Gasteiger charge is 2.13. The van der Waals surface area contributed by atoms with Crippen LogP contribution in [0.5, 0.6) is 5.75 Å². The first-order valence-electron chi connectivity index (χ1n) is 6.61. The Kier molecular flexibility index (Phi) is 3.21. The SMILES string of the molecule is Cc1cc[n+](-c2cc(-c3ccccc3)ccc2O)cc1. The van der Waals surface area contributed by atoms with Gasteiger partial charge in [-0.3, -0.25) is 0 Å². The molecule has 0 aliphatic rings. The first-order chi connectivity index (χ1) is 9.74. The van der Waals surface area contributed by atoms with Gasteiger partial charge in [0.05, 0.1) is 0 Å². The molecule has 0 saturated heterocycles. The van der Waals surface area contributed by atoms with E-state index in [2.05, 4.69) is 12.1 Å². The predicted octanol–water partition coefficient (Wildman–Crippen LogP) is 3.64. The Balaban J connectivity index is 2.10. The van der Waals surface area contributed by atoms with Crippen molar-refractivity contribution in [3.05, 3.63) is 78.6 Å². The van der Waals surface area contributed by atoms with Gasteiger partial charge >= 0.3 is 0 Å². The zero-order valence-corrected chi connectivity index (χ0v) is 11.3. The number of hydrogen-bond donors (Lipinski definition) is 1. The third-order valence-electron chi connectivity index (χ3n) is 3.36. The van der Waals surface area contributed by atoms with Gasteiger partial charge in [0.25, 0.3) is 5.69 Å². The molecule has 0 aliphatic carbocycles. The van der Waals surface area contributed by atoms with Crippen molar-refractivity contribution in [2.45, 2.75) is 6.92 Å². The van der Waals surface area contributed by atoms with Gasteiger partial charge in [0.2, 0.25) is 0 Å². The van der Waals surface area contributed by atoms with Crippen LogP contribution in [0.2, 0.25) is 0 Å². The molecule has 0 saturated carbocycles. The van der Waals surface area contributed by atoms with Gasteiger partial charge in [0.1, 0.15) is 0 Å². The van der Waals surface area contributed by atoms with Crippen LogP contribution in [0.25, 0.3) is 16.8 Å². The summed E-state index contributed by atoms with van der Waals surface area (Å²) >= 11 is 0. The van der Waals surface area contributed by atoms with Crippen LogP contribution >= 0.6 is 0 Å². The third-order valence-corrected chi connectivity index (χ3v) is 3.36. The van der Waals surface area contributed by atoms with Crippen molar-refractivity contribution in [2.75, 3.05) is 0 Å². The standard InChI is InChI=1S/C18H15NO/c1-14-9-11-19(12-10-14)17-13-16(7-8-18(17)20)15-5-3-2-4-6-15/h2-13H,1H3/p+1. The molecule has 0 amide bonds. The summed E-state index contributed by atoms with van der Waals surface area (Å²) in [6.07, 6.45) is 3.92. The number of phenols is 1. The van der Waals surface area contributed by atoms with Crippen LogP contribution < -0.4 is 4.57 Å². The minimum absolute atomic E-state index is 0.276. The van der Waals surface area contributed by atoms with E-state index in [9.17, 15) is 5.11 Å². The second-order valence-electron chi connectivity index (χ2n) is 4.85. The number of aromatic nitrogens is 1. The maximum Gasteiger partial charge on any atom is 0.253 e. The summed E-state index contributed by atoms with van der Waals surface area (Å²) in [4.78, 5) is 0. The lowest BCUT2D eigenvalue weighted by Gasteiger charge is -2.04. The summed E-state index contributed by atoms with van der Waals surface area (Å²) in [5, 5.41) is 10.1. The summed E-state index contributed by atoms with van der Waals surface area (Å²) in [6, 6.07) is 19.9. The molecule has 3 rings (SSSR count). The van der Waals surface area contributed by atoms with Crippen LogP contribution in [0.4, 0.5) is 0 Å². The number of nitrogens with zero attached hydrogens (tertiary/aromatic N) is 1. The minimum Gasteiger partial charge on any atom is -0.502 e. The molecule has 1 aromatic heterocycles. The molecule has 0 aliphatic heterocycles. The monoisotopic (exact) mass is 262 g/mol. The van der Waals surface area contributed by atoms with E-state index in [0.29, 0.717) is 0 Å². The number of aromatic hydroxyl groups is 1. The van der Waals surface area contributed by atoms with Gasteiger partial charge in [-0.1, -0.05) is 36.4 Å². The van der Waals surface area contributed by atoms with Crippen molar-refractivity contribution in [1.29, 1.82) is 0 Å². The number of aryl methyl sites for hydroxylation is 1. The van der Waals surface area contributed by atoms with Crippen LogP contribution in [0.3, 0.4) is 0 Å². The fraction of sp³-hybridized carbons (Fsp3) is 0.0556. The summed E-state index contributed by atoms with van der Waals surface area (Å²) in [7, 11) is 0. The maximum atomic E-state index is 10.1. The molecule has 0 spiro atoms. The molecule has 0 unspecified atom stereocenters. The Morgan fingerprint density at radius 2 is 1.50 bits per heavy atom. The van der Waals surface area contributed by atoms with E-state index in [-0.39, 0.29) is 5.75 Å². The number of rotatable bonds is 2. The largest absolute Gasteiger partial charge is 0.502 e. The van der Waals surface area contributed by atoms with E-state index in [1.807, 2.05) is 66.3 Å². The van der Waals surface area contributed by atoms with E-state index in [0.717, 1.165) is 16.8 Å². The van der Waals surface area contributed by atoms with Crippen molar-refractivity contribution >= 4 is 0 Å². The lowest BCUT2D eigenvalue weighted by molar-refractivity contribution is -0.596. The smallest absolute Gasteiger partial charge is 0.253 e. The molecule has 0 bridgehead atoms. The zero-order chi connectivity index (χ0) is 13.9. The lowest BCUT2D eigenvalue weighted by atomic mass is 10.0. The van der Waals surface area contributed by atoms with E-state index in [1.165, 1.54) is 5.56 Å². The molecular weight excluding hydrogens is 246 g/mol. The van der Waals surface area contributed by atoms with Crippen molar-refractivity contribution < 1.29 is 9.67 Å². The van der Waals surface area contributed by atoms with Crippen LogP contribution in [0, 0.1) is 6.92 Å². The molecular formula is C18H16NO+. The Bertz CT molecular complexity index is 718. The highest BCUT2D eigenvalue weighted by atomic mass is 16.3. The Labute approximate surface area is 118 Å². The topological polar surface area (TPSA) is 24.1 Å². The van der Waals surface area contributed by atoms with Gasteiger partial charge in [-0.15, -0.1) is 0 Å². The van der Waals surface area contributed by atoms with Crippen molar-refractivity contribution in [1.82, 2.24) is 0 Å². The van der Waals surface area contributed by atoms with E-state index >= 15 is 0 Å². The molecule has 3 aromatic rings. The molecule has 1 heterocycles. The Morgan fingerprint density at radius 3 is 2.20 bits per heavy atom. The van der Waals surface area contributed by atoms with Gasteiger partial charge in [-0.2, -0.15) is 4.57 Å². The molecule has 2 heteroatoms. The molecule has 20 heavy (non-hydrogen) atoms. The maximum absolute atomic E-state index is 10.1. The molecule has 98 valence electrons. The molecule has 2 aromatic carbocycles. The number of pyridine rings is 1. The quantitative estimate of drug-likeness (QED) is 0.700. The van der Waals surface area contributed by atoms with Crippen molar-refractivity contribution in [3.8, 4) is 22.6 Å². The average Bonchev–Trinajstić information content (AvgIpc) is 2.50. The molecule has 0 fully saturated rings. The summed E-state index contributed by atoms with van der Waals surface area (Å²) < 4.78 is 1.93. The molecule has 1 N–H and O–H groups in total. The average molecular weight is 262 g/mol. The second-order valence-corrected chi connectivity index (χ2v) is 4.85. The van der Waals surface area contributed by atoms with Gasteiger partial charge in [-0.05, 0) is 29.7 Å². The van der Waals surface area contributed by atoms with Gasteiger partial charge in [0, 0.05) is 18.2 Å². The highest BCUT2D eigenvalue weighted by molar-refractivity contribution is 5.66. The predicted molar refractivity (Wildman–Crippen MR) is 79.8 cm³/mol. The van der Waals surface area contributed by atoms with Crippen LogP contribution in [-0.4, -0.2) is 5.11 Å². The van der Waals surface area contributed by atoms with Gasteiger partial charge in [0.15, 0.2) is 18.1 Å². The van der Waals surface area contributed by atoms with Gasteiger partial charge < -0.3 is 5.11 Å². The fourth-order valence-electron chi connectivity index (χ4n) is 2.20. The molecule has 0 radical (unpaired) electrons. The number of benzene rings is 2. The molecule has 2 nitrogen and oxygen atoms in total. The first kappa shape index (κ1) is 12.4. The van der Waals surface area contributed by atoms with E-state index in [1.54, 1.807) is 6.07 Å². The van der Waals surface area contributed by atoms with Gasteiger partial charge in [-0.25, -0.2) is 0 Å². The second kappa shape index (κ2) is 5.17. The summed E-state index contributed by atoms with van der Waals surface area (Å²) in [6.45, 7) is 2.05.